The molecule has 0 aromatic rings. The zero-order chi connectivity index (χ0) is 19.6. The third-order valence-corrected chi connectivity index (χ3v) is 4.59. The highest BCUT2D eigenvalue weighted by atomic mass is 16.7. The lowest BCUT2D eigenvalue weighted by atomic mass is 9.92. The Bertz CT molecular complexity index is 471. The van der Waals surface area contributed by atoms with Crippen molar-refractivity contribution in [2.45, 2.75) is 74.6 Å². The van der Waals surface area contributed by atoms with E-state index in [0.29, 0.717) is 0 Å². The maximum absolute atomic E-state index is 11.2. The number of aliphatic hydroxyl groups is 7. The van der Waals surface area contributed by atoms with Gasteiger partial charge in [-0.1, -0.05) is 0 Å². The van der Waals surface area contributed by atoms with Gasteiger partial charge in [-0.15, -0.1) is 0 Å². The first kappa shape index (κ1) is 21.6. The summed E-state index contributed by atoms with van der Waals surface area (Å²) in [7, 11) is 0. The molecule has 152 valence electrons. The van der Waals surface area contributed by atoms with E-state index in [4.69, 9.17) is 14.2 Å². The Kier molecular flexibility index (Phi) is 7.44. The molecule has 0 saturated carbocycles. The predicted octanol–water partition coefficient (Wildman–Crippen LogP) is -4.37. The van der Waals surface area contributed by atoms with E-state index in [-0.39, 0.29) is 12.2 Å². The summed E-state index contributed by atoms with van der Waals surface area (Å²) in [5, 5.41) is 68.6. The van der Waals surface area contributed by atoms with Crippen LogP contribution in [-0.4, -0.2) is 116 Å². The summed E-state index contributed by atoms with van der Waals surface area (Å²) in [6.07, 6.45) is -14.6. The fourth-order valence-corrected chi connectivity index (χ4v) is 3.12. The van der Waals surface area contributed by atoms with E-state index in [0.717, 1.165) is 0 Å². The van der Waals surface area contributed by atoms with E-state index >= 15 is 0 Å². The molecule has 0 radical (unpaired) electrons. The topological polar surface area (TPSA) is 186 Å². The number of ether oxygens (including phenoxy) is 3. The molecule has 6 unspecified atom stereocenters. The van der Waals surface area contributed by atoms with Crippen LogP contribution in [0.4, 0.5) is 0 Å². The highest BCUT2D eigenvalue weighted by Crippen LogP contribution is 2.30. The number of Topliss-reactive ketones (excluding diaryl/α,β-unsaturated/α-hetero) is 1. The first-order valence-corrected chi connectivity index (χ1v) is 8.29. The standard InChI is InChI=1S/C15H26O11/c1-5(18)2-6-9(19)12(22)14(8(4-17)24-6)26-15-13(23)11(21)10(20)7(3-16)25-15/h6-17,19-23H,2-4H2,1H3/t6-,7?,8?,9?,10-,11?,12?,13?,14+,15-/m0/s1. The Balaban J connectivity index is 2.12. The number of carbonyl (C=O) groups is 1. The van der Waals surface area contributed by atoms with Gasteiger partial charge in [0.15, 0.2) is 6.29 Å². The number of hydrogen-bond donors (Lipinski definition) is 7. The van der Waals surface area contributed by atoms with Gasteiger partial charge in [0.05, 0.1) is 19.3 Å². The smallest absolute Gasteiger partial charge is 0.187 e. The zero-order valence-electron chi connectivity index (χ0n) is 14.2. The molecular formula is C15H26O11. The van der Waals surface area contributed by atoms with Crippen LogP contribution >= 0.6 is 0 Å². The van der Waals surface area contributed by atoms with Crippen molar-refractivity contribution in [3.8, 4) is 0 Å². The Labute approximate surface area is 149 Å². The van der Waals surface area contributed by atoms with E-state index in [1.165, 1.54) is 6.92 Å². The van der Waals surface area contributed by atoms with E-state index in [1.807, 2.05) is 0 Å². The van der Waals surface area contributed by atoms with Crippen LogP contribution in [0.2, 0.25) is 0 Å². The van der Waals surface area contributed by atoms with Crippen molar-refractivity contribution in [2.24, 2.45) is 0 Å². The van der Waals surface area contributed by atoms with Gasteiger partial charge in [-0.25, -0.2) is 0 Å². The molecule has 11 heteroatoms. The van der Waals surface area contributed by atoms with Gasteiger partial charge in [-0.3, -0.25) is 4.79 Å². The second-order valence-corrected chi connectivity index (χ2v) is 6.58. The minimum atomic E-state index is -1.72. The number of rotatable bonds is 6. The molecule has 0 bridgehead atoms. The molecule has 0 aromatic heterocycles. The molecule has 2 heterocycles. The summed E-state index contributed by atoms with van der Waals surface area (Å²) in [6, 6.07) is 0. The number of hydrogen-bond acceptors (Lipinski definition) is 11. The number of ketones is 1. The van der Waals surface area contributed by atoms with E-state index < -0.39 is 74.4 Å². The number of carbonyl (C=O) groups excluding carboxylic acids is 1. The molecule has 2 aliphatic rings. The summed E-state index contributed by atoms with van der Waals surface area (Å²) in [5.41, 5.74) is 0. The van der Waals surface area contributed by atoms with E-state index in [9.17, 15) is 40.5 Å². The van der Waals surface area contributed by atoms with Crippen LogP contribution < -0.4 is 0 Å². The lowest BCUT2D eigenvalue weighted by molar-refractivity contribution is -0.341. The van der Waals surface area contributed by atoms with Gasteiger partial charge >= 0.3 is 0 Å². The monoisotopic (exact) mass is 382 g/mol. The first-order valence-electron chi connectivity index (χ1n) is 8.29. The van der Waals surface area contributed by atoms with Gasteiger partial charge in [0.25, 0.3) is 0 Å². The van der Waals surface area contributed by atoms with Crippen LogP contribution in [0.15, 0.2) is 0 Å². The molecule has 0 aromatic carbocycles. The van der Waals surface area contributed by atoms with Crippen molar-refractivity contribution in [2.75, 3.05) is 13.2 Å². The maximum atomic E-state index is 11.2. The molecule has 7 N–H and O–H groups in total. The van der Waals surface area contributed by atoms with Crippen LogP contribution in [0.3, 0.4) is 0 Å². The SMILES string of the molecule is CC(=O)C[C@@H]1OC(CO)[C@@H](O[C@@H]2OC(CO)[C@H](O)C(O)C2O)C(O)C1O. The Morgan fingerprint density at radius 2 is 1.38 bits per heavy atom. The minimum absolute atomic E-state index is 0.179. The fraction of sp³-hybridized carbons (Fsp3) is 0.933. The Morgan fingerprint density at radius 1 is 0.808 bits per heavy atom. The van der Waals surface area contributed by atoms with Crippen LogP contribution in [0.25, 0.3) is 0 Å². The van der Waals surface area contributed by atoms with Gasteiger partial charge in [0.1, 0.15) is 54.6 Å². The summed E-state index contributed by atoms with van der Waals surface area (Å²) in [4.78, 5) is 11.2. The van der Waals surface area contributed by atoms with E-state index in [1.54, 1.807) is 0 Å². The molecule has 2 fully saturated rings. The Hall–Kier alpha value is -0.730. The van der Waals surface area contributed by atoms with Crippen LogP contribution in [-0.2, 0) is 19.0 Å². The van der Waals surface area contributed by atoms with Gasteiger partial charge < -0.3 is 50.0 Å². The average Bonchev–Trinajstić information content (AvgIpc) is 2.60. The summed E-state index contributed by atoms with van der Waals surface area (Å²) in [5.74, 6) is -0.286. The average molecular weight is 382 g/mol. The molecule has 0 spiro atoms. The fourth-order valence-electron chi connectivity index (χ4n) is 3.12. The molecule has 2 aliphatic heterocycles. The van der Waals surface area contributed by atoms with Crippen LogP contribution in [0, 0.1) is 0 Å². The van der Waals surface area contributed by atoms with Gasteiger partial charge in [-0.2, -0.15) is 0 Å². The van der Waals surface area contributed by atoms with Crippen molar-refractivity contribution < 1.29 is 54.8 Å². The highest BCUT2D eigenvalue weighted by molar-refractivity contribution is 5.76. The normalized spacial score (nSPS) is 46.9. The zero-order valence-corrected chi connectivity index (χ0v) is 14.2. The first-order chi connectivity index (χ1) is 12.2. The van der Waals surface area contributed by atoms with Crippen molar-refractivity contribution in [1.29, 1.82) is 0 Å². The van der Waals surface area contributed by atoms with E-state index in [2.05, 4.69) is 0 Å². The van der Waals surface area contributed by atoms with Gasteiger partial charge in [0.2, 0.25) is 0 Å². The van der Waals surface area contributed by atoms with Crippen molar-refractivity contribution in [3.05, 3.63) is 0 Å². The second-order valence-electron chi connectivity index (χ2n) is 6.58. The quantitative estimate of drug-likeness (QED) is 0.235. The minimum Gasteiger partial charge on any atom is -0.394 e. The third kappa shape index (κ3) is 4.39. The van der Waals surface area contributed by atoms with Crippen molar-refractivity contribution in [1.82, 2.24) is 0 Å². The van der Waals surface area contributed by atoms with Gasteiger partial charge in [-0.05, 0) is 6.92 Å². The largest absolute Gasteiger partial charge is 0.394 e. The van der Waals surface area contributed by atoms with Crippen LogP contribution in [0.5, 0.6) is 0 Å². The molecule has 26 heavy (non-hydrogen) atoms. The molecule has 2 saturated heterocycles. The van der Waals surface area contributed by atoms with Gasteiger partial charge in [0, 0.05) is 6.42 Å². The lowest BCUT2D eigenvalue weighted by Crippen LogP contribution is -2.64. The third-order valence-electron chi connectivity index (χ3n) is 4.59. The highest BCUT2D eigenvalue weighted by Gasteiger charge is 2.50. The summed E-state index contributed by atoms with van der Waals surface area (Å²) < 4.78 is 16.0. The molecular weight excluding hydrogens is 356 g/mol. The summed E-state index contributed by atoms with van der Waals surface area (Å²) >= 11 is 0. The van der Waals surface area contributed by atoms with Crippen molar-refractivity contribution >= 4 is 5.78 Å². The molecule has 2 rings (SSSR count). The molecule has 0 aliphatic carbocycles. The molecule has 10 atom stereocenters. The predicted molar refractivity (Wildman–Crippen MR) is 81.7 cm³/mol. The second kappa shape index (κ2) is 8.97. The Morgan fingerprint density at radius 3 is 1.92 bits per heavy atom. The number of aliphatic hydroxyl groups excluding tert-OH is 7. The van der Waals surface area contributed by atoms with Crippen LogP contribution in [0.1, 0.15) is 13.3 Å². The van der Waals surface area contributed by atoms with Crippen molar-refractivity contribution in [3.63, 3.8) is 0 Å². The summed E-state index contributed by atoms with van der Waals surface area (Å²) in [6.45, 7) is -0.00546. The lowest BCUT2D eigenvalue weighted by Gasteiger charge is -2.46. The molecule has 0 amide bonds. The molecule has 11 nitrogen and oxygen atoms in total. The maximum Gasteiger partial charge on any atom is 0.187 e.